The lowest BCUT2D eigenvalue weighted by Crippen LogP contribution is -2.49. The number of piperidine rings is 1. The zero-order valence-corrected chi connectivity index (χ0v) is 16.6. The van der Waals surface area contributed by atoms with Crippen molar-refractivity contribution < 1.29 is 9.21 Å². The van der Waals surface area contributed by atoms with E-state index in [0.29, 0.717) is 0 Å². The highest BCUT2D eigenvalue weighted by Crippen LogP contribution is 2.27. The van der Waals surface area contributed by atoms with E-state index in [9.17, 15) is 4.79 Å². The molecule has 0 aliphatic carbocycles. The van der Waals surface area contributed by atoms with Gasteiger partial charge in [0.25, 0.3) is 0 Å². The molecule has 2 aliphatic rings. The lowest BCUT2D eigenvalue weighted by molar-refractivity contribution is 0.196. The molecule has 150 valence electrons. The summed E-state index contributed by atoms with van der Waals surface area (Å²) in [5.74, 6) is 0. The van der Waals surface area contributed by atoms with E-state index in [0.717, 1.165) is 63.1 Å². The molecule has 1 saturated heterocycles. The normalized spacial score (nSPS) is 17.6. The zero-order chi connectivity index (χ0) is 19.6. The van der Waals surface area contributed by atoms with E-state index in [2.05, 4.69) is 28.4 Å². The molecule has 0 bridgehead atoms. The largest absolute Gasteiger partial charge is 0.464 e. The van der Waals surface area contributed by atoms with Crippen LogP contribution < -0.4 is 10.2 Å². The second kappa shape index (κ2) is 7.91. The van der Waals surface area contributed by atoms with Crippen molar-refractivity contribution in [2.24, 2.45) is 0 Å². The number of carbonyl (C=O) groups is 1. The Morgan fingerprint density at radius 2 is 1.83 bits per heavy atom. The van der Waals surface area contributed by atoms with Crippen LogP contribution in [0.1, 0.15) is 24.0 Å². The number of likely N-dealkylation sites (tertiary alicyclic amines) is 1. The van der Waals surface area contributed by atoms with Gasteiger partial charge in [0.05, 0.1) is 6.26 Å². The quantitative estimate of drug-likeness (QED) is 0.727. The topological polar surface area (TPSA) is 48.7 Å². The third-order valence-corrected chi connectivity index (χ3v) is 6.31. The van der Waals surface area contributed by atoms with Gasteiger partial charge in [-0.25, -0.2) is 4.79 Å². The van der Waals surface area contributed by atoms with Crippen LogP contribution in [-0.4, -0.2) is 43.2 Å². The number of hydrogen-bond acceptors (Lipinski definition) is 3. The van der Waals surface area contributed by atoms with Gasteiger partial charge in [0.15, 0.2) is 0 Å². The van der Waals surface area contributed by atoms with Gasteiger partial charge in [-0.1, -0.05) is 36.4 Å². The molecule has 0 radical (unpaired) electrons. The molecule has 5 heteroatoms. The number of anilines is 1. The Balaban J connectivity index is 1.11. The first-order valence-corrected chi connectivity index (χ1v) is 10.6. The summed E-state index contributed by atoms with van der Waals surface area (Å²) in [7, 11) is 0. The molecule has 1 fully saturated rings. The molecule has 0 saturated carbocycles. The van der Waals surface area contributed by atoms with E-state index in [1.807, 2.05) is 41.5 Å². The predicted molar refractivity (Wildman–Crippen MR) is 115 cm³/mol. The van der Waals surface area contributed by atoms with Crippen LogP contribution in [0.2, 0.25) is 0 Å². The van der Waals surface area contributed by atoms with Crippen LogP contribution in [-0.2, 0) is 12.8 Å². The van der Waals surface area contributed by atoms with Gasteiger partial charge in [-0.05, 0) is 48.9 Å². The number of nitrogens with zero attached hydrogens (tertiary/aromatic N) is 2. The van der Waals surface area contributed by atoms with Crippen LogP contribution in [0.15, 0.2) is 59.2 Å². The fourth-order valence-electron chi connectivity index (χ4n) is 4.61. The van der Waals surface area contributed by atoms with E-state index in [4.69, 9.17) is 4.42 Å². The maximum Gasteiger partial charge on any atom is 0.322 e. The maximum absolute atomic E-state index is 12.8. The highest BCUT2D eigenvalue weighted by atomic mass is 16.3. The fraction of sp³-hybridized carbons (Fsp3) is 0.375. The average Bonchev–Trinajstić information content (AvgIpc) is 3.38. The molecule has 3 aromatic rings. The molecule has 1 N–H and O–H groups in total. The van der Waals surface area contributed by atoms with Crippen LogP contribution in [0.4, 0.5) is 10.5 Å². The van der Waals surface area contributed by atoms with Gasteiger partial charge < -0.3 is 14.6 Å². The standard InChI is InChI=1S/C24H27N3O2/c28-24(27-16-10-18-5-1-3-7-22(18)27)25-20-11-14-26(15-12-20)13-9-19-17-29-23-8-4-2-6-21(19)23/h1-8,17,20H,9-16H2,(H,25,28). The van der Waals surface area contributed by atoms with Gasteiger partial charge >= 0.3 is 6.03 Å². The summed E-state index contributed by atoms with van der Waals surface area (Å²) in [5, 5.41) is 4.48. The summed E-state index contributed by atoms with van der Waals surface area (Å²) in [4.78, 5) is 17.1. The molecule has 1 aromatic heterocycles. The summed E-state index contributed by atoms with van der Waals surface area (Å²) in [6.07, 6.45) is 5.86. The number of para-hydroxylation sites is 2. The third-order valence-electron chi connectivity index (χ3n) is 6.31. The molecule has 0 unspecified atom stereocenters. The van der Waals surface area contributed by atoms with Crippen molar-refractivity contribution in [2.75, 3.05) is 31.1 Å². The number of fused-ring (bicyclic) bond motifs is 2. The first-order chi connectivity index (χ1) is 14.3. The number of rotatable bonds is 4. The molecule has 2 aromatic carbocycles. The number of furan rings is 1. The van der Waals surface area contributed by atoms with Crippen LogP contribution in [0, 0.1) is 0 Å². The van der Waals surface area contributed by atoms with E-state index in [-0.39, 0.29) is 12.1 Å². The molecule has 5 rings (SSSR count). The monoisotopic (exact) mass is 389 g/mol. The second-order valence-corrected chi connectivity index (χ2v) is 8.10. The minimum atomic E-state index is 0.0540. The van der Waals surface area contributed by atoms with Crippen molar-refractivity contribution in [1.82, 2.24) is 10.2 Å². The van der Waals surface area contributed by atoms with E-state index in [1.54, 1.807) is 0 Å². The third kappa shape index (κ3) is 3.75. The number of amides is 2. The summed E-state index contributed by atoms with van der Waals surface area (Å²) < 4.78 is 5.65. The Morgan fingerprint density at radius 1 is 1.03 bits per heavy atom. The Morgan fingerprint density at radius 3 is 2.72 bits per heavy atom. The van der Waals surface area contributed by atoms with Crippen molar-refractivity contribution >= 4 is 22.7 Å². The second-order valence-electron chi connectivity index (χ2n) is 8.10. The molecule has 5 nitrogen and oxygen atoms in total. The first kappa shape index (κ1) is 18.3. The first-order valence-electron chi connectivity index (χ1n) is 10.6. The average molecular weight is 389 g/mol. The minimum absolute atomic E-state index is 0.0540. The maximum atomic E-state index is 12.8. The number of benzene rings is 2. The van der Waals surface area contributed by atoms with Gasteiger partial charge in [0.2, 0.25) is 0 Å². The Kier molecular flexibility index (Phi) is 4.98. The fourth-order valence-corrected chi connectivity index (χ4v) is 4.61. The number of nitrogens with one attached hydrogen (secondary N) is 1. The van der Waals surface area contributed by atoms with Crippen molar-refractivity contribution in [3.63, 3.8) is 0 Å². The van der Waals surface area contributed by atoms with Crippen LogP contribution in [0.25, 0.3) is 11.0 Å². The molecule has 0 atom stereocenters. The predicted octanol–water partition coefficient (Wildman–Crippen LogP) is 4.21. The summed E-state index contributed by atoms with van der Waals surface area (Å²) in [6, 6.07) is 16.8. The lowest BCUT2D eigenvalue weighted by Gasteiger charge is -2.33. The minimum Gasteiger partial charge on any atom is -0.464 e. The molecule has 0 spiro atoms. The van der Waals surface area contributed by atoms with Crippen molar-refractivity contribution in [2.45, 2.75) is 31.7 Å². The van der Waals surface area contributed by atoms with Crippen molar-refractivity contribution in [3.05, 3.63) is 65.9 Å². The van der Waals surface area contributed by atoms with Gasteiger partial charge in [-0.2, -0.15) is 0 Å². The van der Waals surface area contributed by atoms with Gasteiger partial charge in [-0.3, -0.25) is 4.90 Å². The van der Waals surface area contributed by atoms with Gasteiger partial charge in [0.1, 0.15) is 5.58 Å². The zero-order valence-electron chi connectivity index (χ0n) is 16.6. The summed E-state index contributed by atoms with van der Waals surface area (Å²) >= 11 is 0. The van der Waals surface area contributed by atoms with Crippen LogP contribution >= 0.6 is 0 Å². The highest BCUT2D eigenvalue weighted by Gasteiger charge is 2.27. The molecule has 2 aliphatic heterocycles. The molecular weight excluding hydrogens is 362 g/mol. The van der Waals surface area contributed by atoms with Crippen LogP contribution in [0.3, 0.4) is 0 Å². The highest BCUT2D eigenvalue weighted by molar-refractivity contribution is 5.94. The van der Waals surface area contributed by atoms with Crippen molar-refractivity contribution in [1.29, 1.82) is 0 Å². The number of carbonyl (C=O) groups excluding carboxylic acids is 1. The van der Waals surface area contributed by atoms with E-state index >= 15 is 0 Å². The van der Waals surface area contributed by atoms with E-state index in [1.165, 1.54) is 16.5 Å². The van der Waals surface area contributed by atoms with Gasteiger partial charge in [0, 0.05) is 43.3 Å². The molecular formula is C24H27N3O2. The van der Waals surface area contributed by atoms with Crippen molar-refractivity contribution in [3.8, 4) is 0 Å². The van der Waals surface area contributed by atoms with Crippen LogP contribution in [0.5, 0.6) is 0 Å². The smallest absolute Gasteiger partial charge is 0.322 e. The Bertz CT molecular complexity index is 1000. The Hall–Kier alpha value is -2.79. The molecule has 29 heavy (non-hydrogen) atoms. The summed E-state index contributed by atoms with van der Waals surface area (Å²) in [5.41, 5.74) is 4.58. The van der Waals surface area contributed by atoms with E-state index < -0.39 is 0 Å². The summed E-state index contributed by atoms with van der Waals surface area (Å²) in [6.45, 7) is 3.86. The SMILES string of the molecule is O=C(NC1CCN(CCc2coc3ccccc23)CC1)N1CCc2ccccc21. The molecule has 3 heterocycles. The lowest BCUT2D eigenvalue weighted by atomic mass is 10.0. The number of hydrogen-bond donors (Lipinski definition) is 1. The Labute approximate surface area is 171 Å². The van der Waals surface area contributed by atoms with Gasteiger partial charge in [-0.15, -0.1) is 0 Å². The number of urea groups is 1. The molecule has 2 amide bonds.